The maximum atomic E-state index is 3.66. The van der Waals surface area contributed by atoms with Crippen LogP contribution in [0.4, 0.5) is 0 Å². The molecule has 0 aliphatic heterocycles. The monoisotopic (exact) mass is 573 g/mol. The largest absolute Gasteiger partial charge is 0.135 e. The van der Waals surface area contributed by atoms with Gasteiger partial charge >= 0.3 is 0 Å². The zero-order valence-corrected chi connectivity index (χ0v) is 25.2. The summed E-state index contributed by atoms with van der Waals surface area (Å²) in [4.78, 5) is 0. The van der Waals surface area contributed by atoms with Crippen LogP contribution in [0.3, 0.4) is 0 Å². The molecule has 3 aromatic carbocycles. The zero-order chi connectivity index (χ0) is 25.7. The minimum atomic E-state index is 0.152. The van der Waals surface area contributed by atoms with Gasteiger partial charge in [0.05, 0.1) is 0 Å². The highest BCUT2D eigenvalue weighted by molar-refractivity contribution is 9.10. The van der Waals surface area contributed by atoms with Crippen LogP contribution >= 0.6 is 27.3 Å². The second kappa shape index (κ2) is 12.5. The molecular formula is C35H42BrS. The van der Waals surface area contributed by atoms with Gasteiger partial charge in [0.15, 0.2) is 0 Å². The van der Waals surface area contributed by atoms with Crippen LogP contribution in [0, 0.1) is 6.07 Å². The molecule has 195 valence electrons. The Morgan fingerprint density at radius 3 is 2.05 bits per heavy atom. The third-order valence-electron chi connectivity index (χ3n) is 8.64. The van der Waals surface area contributed by atoms with Crippen molar-refractivity contribution in [1.29, 1.82) is 0 Å². The number of hydrogen-bond donors (Lipinski definition) is 0. The molecule has 1 aliphatic rings. The topological polar surface area (TPSA) is 0 Å². The molecule has 0 fully saturated rings. The molecule has 0 atom stereocenters. The molecule has 5 rings (SSSR count). The lowest BCUT2D eigenvalue weighted by Gasteiger charge is -2.33. The van der Waals surface area contributed by atoms with Crippen molar-refractivity contribution in [1.82, 2.24) is 0 Å². The van der Waals surface area contributed by atoms with Gasteiger partial charge in [-0.05, 0) is 65.4 Å². The minimum Gasteiger partial charge on any atom is -0.135 e. The Morgan fingerprint density at radius 2 is 1.35 bits per heavy atom. The standard InChI is InChI=1S/C35H42BrS/c1-3-5-7-9-11-15-21-35(22-16-12-10-8-6-4-2)31-18-14-13-17-27(31)29-25-34-30(24-32(29)35)28-20-19-26(36)23-33(28)37-34/h13-14,17-19,23-25H,3-12,15-16,21-22H2,1-2H3. The molecule has 0 unspecified atom stereocenters. The van der Waals surface area contributed by atoms with E-state index >= 15 is 0 Å². The maximum absolute atomic E-state index is 3.66. The molecule has 1 radical (unpaired) electrons. The first-order valence-electron chi connectivity index (χ1n) is 14.9. The molecule has 4 aromatic rings. The molecule has 0 saturated carbocycles. The average molecular weight is 575 g/mol. The third kappa shape index (κ3) is 5.57. The lowest BCUT2D eigenvalue weighted by atomic mass is 9.70. The maximum Gasteiger partial charge on any atom is 0.0372 e. The van der Waals surface area contributed by atoms with Crippen molar-refractivity contribution < 1.29 is 0 Å². The van der Waals surface area contributed by atoms with E-state index < -0.39 is 0 Å². The molecule has 0 amide bonds. The first kappa shape index (κ1) is 26.9. The number of thiophene rings is 1. The lowest BCUT2D eigenvalue weighted by molar-refractivity contribution is 0.398. The highest BCUT2D eigenvalue weighted by Gasteiger charge is 2.42. The summed E-state index contributed by atoms with van der Waals surface area (Å²) in [7, 11) is 0. The van der Waals surface area contributed by atoms with E-state index in [1.165, 1.54) is 121 Å². The fraction of sp³-hybridized carbons (Fsp3) is 0.486. The van der Waals surface area contributed by atoms with Gasteiger partial charge in [-0.25, -0.2) is 0 Å². The van der Waals surface area contributed by atoms with Crippen molar-refractivity contribution in [3.63, 3.8) is 0 Å². The van der Waals surface area contributed by atoms with E-state index in [9.17, 15) is 0 Å². The van der Waals surface area contributed by atoms with Gasteiger partial charge in [0.2, 0.25) is 0 Å². The number of unbranched alkanes of at least 4 members (excludes halogenated alkanes) is 10. The number of rotatable bonds is 14. The van der Waals surface area contributed by atoms with Crippen LogP contribution in [0.15, 0.2) is 53.0 Å². The highest BCUT2D eigenvalue weighted by Crippen LogP contribution is 2.56. The van der Waals surface area contributed by atoms with Gasteiger partial charge in [0.1, 0.15) is 0 Å². The van der Waals surface area contributed by atoms with E-state index in [0.717, 1.165) is 4.47 Å². The van der Waals surface area contributed by atoms with Crippen LogP contribution in [-0.4, -0.2) is 0 Å². The summed E-state index contributed by atoms with van der Waals surface area (Å²) in [5, 5.41) is 2.68. The molecule has 0 saturated heterocycles. The molecule has 2 heteroatoms. The van der Waals surface area contributed by atoms with Gasteiger partial charge in [-0.2, -0.15) is 0 Å². The highest BCUT2D eigenvalue weighted by atomic mass is 79.9. The Hall–Kier alpha value is -1.64. The molecule has 1 aliphatic carbocycles. The van der Waals surface area contributed by atoms with E-state index in [-0.39, 0.29) is 5.41 Å². The van der Waals surface area contributed by atoms with Gasteiger partial charge in [-0.1, -0.05) is 131 Å². The zero-order valence-electron chi connectivity index (χ0n) is 22.8. The first-order chi connectivity index (χ1) is 18.2. The van der Waals surface area contributed by atoms with E-state index in [0.29, 0.717) is 0 Å². The summed E-state index contributed by atoms with van der Waals surface area (Å²) in [5.74, 6) is 0. The molecule has 1 aromatic heterocycles. The van der Waals surface area contributed by atoms with Gasteiger partial charge in [0.25, 0.3) is 0 Å². The van der Waals surface area contributed by atoms with Crippen molar-refractivity contribution in [2.45, 2.75) is 109 Å². The summed E-state index contributed by atoms with van der Waals surface area (Å²) in [5.41, 5.74) is 6.32. The van der Waals surface area contributed by atoms with Crippen LogP contribution in [-0.2, 0) is 5.41 Å². The molecule has 0 spiro atoms. The van der Waals surface area contributed by atoms with Gasteiger partial charge in [-0.15, -0.1) is 11.3 Å². The van der Waals surface area contributed by atoms with E-state index in [2.05, 4.69) is 84.4 Å². The van der Waals surface area contributed by atoms with Crippen molar-refractivity contribution in [3.05, 3.63) is 70.2 Å². The van der Waals surface area contributed by atoms with Crippen LogP contribution in [0.1, 0.15) is 115 Å². The van der Waals surface area contributed by atoms with Crippen molar-refractivity contribution in [2.75, 3.05) is 0 Å². The fourth-order valence-corrected chi connectivity index (χ4v) is 8.33. The Bertz CT molecular complexity index is 1310. The average Bonchev–Trinajstić information content (AvgIpc) is 3.39. The number of halogens is 1. The molecule has 0 nitrogen and oxygen atoms in total. The van der Waals surface area contributed by atoms with E-state index in [1.54, 1.807) is 11.1 Å². The van der Waals surface area contributed by atoms with Gasteiger partial charge in [0, 0.05) is 30.1 Å². The second-order valence-corrected chi connectivity index (χ2v) is 13.2. The summed E-state index contributed by atoms with van der Waals surface area (Å²) in [6, 6.07) is 22.4. The Kier molecular flexibility index (Phi) is 9.09. The number of fused-ring (bicyclic) bond motifs is 6. The first-order valence-corrected chi connectivity index (χ1v) is 16.5. The molecule has 37 heavy (non-hydrogen) atoms. The van der Waals surface area contributed by atoms with E-state index in [4.69, 9.17) is 0 Å². The summed E-state index contributed by atoms with van der Waals surface area (Å²) in [6.45, 7) is 4.62. The number of hydrogen-bond acceptors (Lipinski definition) is 1. The van der Waals surface area contributed by atoms with E-state index in [1.807, 2.05) is 11.3 Å². The van der Waals surface area contributed by atoms with Crippen LogP contribution in [0.2, 0.25) is 0 Å². The number of benzene rings is 3. The van der Waals surface area contributed by atoms with Gasteiger partial charge in [-0.3, -0.25) is 0 Å². The smallest absolute Gasteiger partial charge is 0.0372 e. The van der Waals surface area contributed by atoms with Crippen molar-refractivity contribution in [2.24, 2.45) is 0 Å². The Morgan fingerprint density at radius 1 is 0.703 bits per heavy atom. The quantitative estimate of drug-likeness (QED) is 0.131. The van der Waals surface area contributed by atoms with Crippen molar-refractivity contribution in [3.8, 4) is 11.1 Å². The minimum absolute atomic E-state index is 0.152. The third-order valence-corrected chi connectivity index (χ3v) is 10.2. The molecule has 0 bridgehead atoms. The predicted octanol–water partition coefficient (Wildman–Crippen LogP) is 12.4. The summed E-state index contributed by atoms with van der Waals surface area (Å²) >= 11 is 5.57. The molecule has 1 heterocycles. The lowest BCUT2D eigenvalue weighted by Crippen LogP contribution is -2.25. The predicted molar refractivity (Wildman–Crippen MR) is 168 cm³/mol. The summed E-state index contributed by atoms with van der Waals surface area (Å²) < 4.78 is 3.84. The van der Waals surface area contributed by atoms with Crippen LogP contribution < -0.4 is 0 Å². The fourth-order valence-electron chi connectivity index (χ4n) is 6.70. The molecule has 0 N–H and O–H groups in total. The van der Waals surface area contributed by atoms with Crippen LogP contribution in [0.25, 0.3) is 31.3 Å². The normalized spacial score (nSPS) is 13.9. The summed E-state index contributed by atoms with van der Waals surface area (Å²) in [6.07, 6.45) is 18.9. The van der Waals surface area contributed by atoms with Crippen molar-refractivity contribution >= 4 is 47.4 Å². The Labute approximate surface area is 237 Å². The second-order valence-electron chi connectivity index (χ2n) is 11.2. The van der Waals surface area contributed by atoms with Gasteiger partial charge < -0.3 is 0 Å². The molecular weight excluding hydrogens is 532 g/mol. The SMILES string of the molecule is CCCCCCCCC1(CCCCCCCC)c2ccccc2-c2cc3sc4cc(Br)c[c]c4c3cc21. The van der Waals surface area contributed by atoms with Crippen LogP contribution in [0.5, 0.6) is 0 Å². The Balaban J connectivity index is 1.53.